The number of nitrogens with zero attached hydrogens (tertiary/aromatic N) is 2. The predicted octanol–water partition coefficient (Wildman–Crippen LogP) is 4.47. The Morgan fingerprint density at radius 1 is 1.05 bits per heavy atom. The Hall–Kier alpha value is -1.49. The first-order valence-corrected chi connectivity index (χ1v) is 5.99. The van der Waals surface area contributed by atoms with Crippen LogP contribution < -0.4 is 0 Å². The maximum Gasteiger partial charge on any atom is 0.435 e. The van der Waals surface area contributed by atoms with Crippen LogP contribution in [0.5, 0.6) is 0 Å². The molecule has 0 fully saturated rings. The summed E-state index contributed by atoms with van der Waals surface area (Å²) < 4.78 is 39.0. The van der Waals surface area contributed by atoms with E-state index in [9.17, 15) is 13.2 Å². The minimum Gasteiger partial charge on any atom is -0.221 e. The van der Waals surface area contributed by atoms with Gasteiger partial charge in [0.2, 0.25) is 0 Å². The summed E-state index contributed by atoms with van der Waals surface area (Å²) in [6.07, 6.45) is -4.50. The Balaban J connectivity index is 2.64. The normalized spacial score (nSPS) is 11.9. The van der Waals surface area contributed by atoms with Crippen LogP contribution >= 0.6 is 11.6 Å². The predicted molar refractivity (Wildman–Crippen MR) is 67.8 cm³/mol. The molecule has 0 saturated carbocycles. The molecule has 0 spiro atoms. The van der Waals surface area contributed by atoms with E-state index in [0.29, 0.717) is 5.69 Å². The van der Waals surface area contributed by atoms with Gasteiger partial charge in [0.1, 0.15) is 5.15 Å². The highest BCUT2D eigenvalue weighted by molar-refractivity contribution is 6.29. The first-order chi connectivity index (χ1) is 8.70. The van der Waals surface area contributed by atoms with Crippen LogP contribution in [-0.4, -0.2) is 9.78 Å². The summed E-state index contributed by atoms with van der Waals surface area (Å²) in [5, 5.41) is 3.51. The summed E-state index contributed by atoms with van der Waals surface area (Å²) in [7, 11) is 0. The van der Waals surface area contributed by atoms with Gasteiger partial charge in [-0.05, 0) is 31.9 Å². The lowest BCUT2D eigenvalue weighted by Crippen LogP contribution is -2.08. The zero-order valence-corrected chi connectivity index (χ0v) is 11.4. The SMILES string of the molecule is Cc1cc(C)c(-n2nc(C(F)(F)F)cc2Cl)c(C)c1. The summed E-state index contributed by atoms with van der Waals surface area (Å²) in [5.74, 6) is 0. The van der Waals surface area contributed by atoms with Crippen LogP contribution in [0.15, 0.2) is 18.2 Å². The fraction of sp³-hybridized carbons (Fsp3) is 0.308. The quantitative estimate of drug-likeness (QED) is 0.757. The third-order valence-corrected chi connectivity index (χ3v) is 3.07. The molecule has 0 aliphatic heterocycles. The first-order valence-electron chi connectivity index (χ1n) is 5.61. The molecule has 0 aliphatic rings. The van der Waals surface area contributed by atoms with Crippen molar-refractivity contribution < 1.29 is 13.2 Å². The highest BCUT2D eigenvalue weighted by Gasteiger charge is 2.35. The molecule has 1 aromatic heterocycles. The van der Waals surface area contributed by atoms with E-state index in [2.05, 4.69) is 5.10 Å². The van der Waals surface area contributed by atoms with Gasteiger partial charge in [0, 0.05) is 6.07 Å². The van der Waals surface area contributed by atoms with E-state index in [0.717, 1.165) is 27.4 Å². The molecule has 0 saturated heterocycles. The van der Waals surface area contributed by atoms with Crippen molar-refractivity contribution in [2.75, 3.05) is 0 Å². The number of benzene rings is 1. The monoisotopic (exact) mass is 288 g/mol. The number of aryl methyl sites for hydroxylation is 3. The van der Waals surface area contributed by atoms with Crippen LogP contribution in [0.25, 0.3) is 5.69 Å². The fourth-order valence-corrected chi connectivity index (χ4v) is 2.39. The number of rotatable bonds is 1. The van der Waals surface area contributed by atoms with E-state index < -0.39 is 11.9 Å². The van der Waals surface area contributed by atoms with Gasteiger partial charge >= 0.3 is 6.18 Å². The molecule has 0 amide bonds. The number of hydrogen-bond donors (Lipinski definition) is 0. The Morgan fingerprint density at radius 2 is 1.58 bits per heavy atom. The molecule has 2 nitrogen and oxygen atoms in total. The standard InChI is InChI=1S/C13H12ClF3N2/c1-7-4-8(2)12(9(3)5-7)19-11(14)6-10(18-19)13(15,16)17/h4-6H,1-3H3. The van der Waals surface area contributed by atoms with Crippen molar-refractivity contribution in [2.45, 2.75) is 26.9 Å². The molecule has 0 unspecified atom stereocenters. The van der Waals surface area contributed by atoms with Crippen LogP contribution in [0.2, 0.25) is 5.15 Å². The lowest BCUT2D eigenvalue weighted by molar-refractivity contribution is -0.141. The Kier molecular flexibility index (Phi) is 3.34. The third-order valence-electron chi connectivity index (χ3n) is 2.80. The molecule has 19 heavy (non-hydrogen) atoms. The molecule has 0 atom stereocenters. The maximum absolute atomic E-state index is 12.6. The van der Waals surface area contributed by atoms with Crippen molar-refractivity contribution in [2.24, 2.45) is 0 Å². The van der Waals surface area contributed by atoms with E-state index in [4.69, 9.17) is 11.6 Å². The zero-order valence-electron chi connectivity index (χ0n) is 10.6. The van der Waals surface area contributed by atoms with Gasteiger partial charge in [0.05, 0.1) is 5.69 Å². The van der Waals surface area contributed by atoms with E-state index in [-0.39, 0.29) is 5.15 Å². The Bertz CT molecular complexity index is 606. The minimum absolute atomic E-state index is 0.0534. The molecule has 6 heteroatoms. The number of alkyl halides is 3. The molecule has 102 valence electrons. The van der Waals surface area contributed by atoms with Crippen molar-refractivity contribution in [1.82, 2.24) is 9.78 Å². The third kappa shape index (κ3) is 2.61. The lowest BCUT2D eigenvalue weighted by Gasteiger charge is -2.12. The second-order valence-electron chi connectivity index (χ2n) is 4.51. The lowest BCUT2D eigenvalue weighted by atomic mass is 10.1. The number of hydrogen-bond acceptors (Lipinski definition) is 1. The highest BCUT2D eigenvalue weighted by Crippen LogP contribution is 2.32. The second kappa shape index (κ2) is 4.56. The molecular formula is C13H12ClF3N2. The van der Waals surface area contributed by atoms with Crippen LogP contribution in [0.4, 0.5) is 13.2 Å². The Morgan fingerprint density at radius 3 is 2.00 bits per heavy atom. The number of aromatic nitrogens is 2. The summed E-state index contributed by atoms with van der Waals surface area (Å²) in [6, 6.07) is 4.60. The smallest absolute Gasteiger partial charge is 0.221 e. The van der Waals surface area contributed by atoms with Gasteiger partial charge in [-0.3, -0.25) is 0 Å². The van der Waals surface area contributed by atoms with Crippen molar-refractivity contribution in [3.8, 4) is 5.69 Å². The van der Waals surface area contributed by atoms with Gasteiger partial charge in [-0.1, -0.05) is 29.3 Å². The van der Waals surface area contributed by atoms with Crippen LogP contribution in [0, 0.1) is 20.8 Å². The van der Waals surface area contributed by atoms with Crippen LogP contribution in [0.1, 0.15) is 22.4 Å². The molecule has 2 aromatic rings. The summed E-state index contributed by atoms with van der Waals surface area (Å²) in [5.41, 5.74) is 2.30. The van der Waals surface area contributed by atoms with E-state index in [1.165, 1.54) is 0 Å². The fourth-order valence-electron chi connectivity index (χ4n) is 2.16. The highest BCUT2D eigenvalue weighted by atomic mass is 35.5. The molecule has 1 aromatic carbocycles. The summed E-state index contributed by atoms with van der Waals surface area (Å²) in [4.78, 5) is 0. The molecule has 1 heterocycles. The molecule has 0 bridgehead atoms. The van der Waals surface area contributed by atoms with Crippen molar-refractivity contribution in [3.05, 3.63) is 45.7 Å². The average molecular weight is 289 g/mol. The molecular weight excluding hydrogens is 277 g/mol. The average Bonchev–Trinajstić information content (AvgIpc) is 2.59. The van der Waals surface area contributed by atoms with E-state index in [1.807, 2.05) is 32.9 Å². The van der Waals surface area contributed by atoms with Crippen molar-refractivity contribution >= 4 is 11.6 Å². The van der Waals surface area contributed by atoms with Gasteiger partial charge in [0.25, 0.3) is 0 Å². The summed E-state index contributed by atoms with van der Waals surface area (Å²) >= 11 is 5.87. The molecule has 0 aliphatic carbocycles. The molecule has 0 N–H and O–H groups in total. The zero-order chi connectivity index (χ0) is 14.4. The van der Waals surface area contributed by atoms with Crippen LogP contribution in [-0.2, 0) is 6.18 Å². The maximum atomic E-state index is 12.6. The summed E-state index contributed by atoms with van der Waals surface area (Å²) in [6.45, 7) is 5.57. The van der Waals surface area contributed by atoms with Crippen LogP contribution in [0.3, 0.4) is 0 Å². The largest absolute Gasteiger partial charge is 0.435 e. The van der Waals surface area contributed by atoms with Crippen molar-refractivity contribution in [1.29, 1.82) is 0 Å². The van der Waals surface area contributed by atoms with Gasteiger partial charge in [0.15, 0.2) is 5.69 Å². The first kappa shape index (κ1) is 13.9. The van der Waals surface area contributed by atoms with Gasteiger partial charge in [-0.15, -0.1) is 0 Å². The van der Waals surface area contributed by atoms with E-state index in [1.54, 1.807) is 0 Å². The van der Waals surface area contributed by atoms with Gasteiger partial charge < -0.3 is 0 Å². The topological polar surface area (TPSA) is 17.8 Å². The van der Waals surface area contributed by atoms with Gasteiger partial charge in [-0.2, -0.15) is 18.3 Å². The number of halogens is 4. The van der Waals surface area contributed by atoms with E-state index >= 15 is 0 Å². The second-order valence-corrected chi connectivity index (χ2v) is 4.90. The van der Waals surface area contributed by atoms with Gasteiger partial charge in [-0.25, -0.2) is 4.68 Å². The minimum atomic E-state index is -4.50. The molecule has 2 rings (SSSR count). The molecule has 0 radical (unpaired) electrons. The van der Waals surface area contributed by atoms with Crippen molar-refractivity contribution in [3.63, 3.8) is 0 Å². The Labute approximate surface area is 113 Å².